The first-order chi connectivity index (χ1) is 14.5. The van der Waals surface area contributed by atoms with Crippen molar-refractivity contribution >= 4 is 23.2 Å². The molecule has 1 N–H and O–H groups in total. The number of carbonyl (C=O) groups excluding carboxylic acids is 2. The predicted octanol–water partition coefficient (Wildman–Crippen LogP) is 2.48. The van der Waals surface area contributed by atoms with Crippen LogP contribution in [0.15, 0.2) is 42.5 Å². The number of rotatable bonds is 7. The van der Waals surface area contributed by atoms with Gasteiger partial charge in [-0.05, 0) is 37.3 Å². The number of aryl methyl sites for hydroxylation is 1. The van der Waals surface area contributed by atoms with Crippen molar-refractivity contribution in [2.24, 2.45) is 0 Å². The Morgan fingerprint density at radius 1 is 1.13 bits per heavy atom. The number of hydrogen-bond acceptors (Lipinski definition) is 5. The fourth-order valence-electron chi connectivity index (χ4n) is 3.42. The van der Waals surface area contributed by atoms with Crippen molar-refractivity contribution in [1.82, 2.24) is 4.90 Å². The first-order valence-electron chi connectivity index (χ1n) is 10.1. The first kappa shape index (κ1) is 21.6. The highest BCUT2D eigenvalue weighted by Gasteiger charge is 2.16. The predicted molar refractivity (Wildman–Crippen MR) is 117 cm³/mol. The molecule has 0 unspecified atom stereocenters. The van der Waals surface area contributed by atoms with Crippen LogP contribution in [-0.4, -0.2) is 63.7 Å². The SMILES string of the molecule is COc1ccc(C)cc1CC(=O)N(C)CC(=O)Nc1ccc(N2CCOCC2)cc1. The van der Waals surface area contributed by atoms with Crippen LogP contribution in [0.2, 0.25) is 0 Å². The van der Waals surface area contributed by atoms with E-state index in [1.54, 1.807) is 14.2 Å². The lowest BCUT2D eigenvalue weighted by molar-refractivity contribution is -0.132. The number of likely N-dealkylation sites (N-methyl/N-ethyl adjacent to an activating group) is 1. The van der Waals surface area contributed by atoms with Gasteiger partial charge >= 0.3 is 0 Å². The molecule has 160 valence electrons. The van der Waals surface area contributed by atoms with E-state index >= 15 is 0 Å². The van der Waals surface area contributed by atoms with Gasteiger partial charge in [-0.15, -0.1) is 0 Å². The number of ether oxygens (including phenoxy) is 2. The van der Waals surface area contributed by atoms with Gasteiger partial charge in [0.1, 0.15) is 5.75 Å². The van der Waals surface area contributed by atoms with Gasteiger partial charge in [-0.2, -0.15) is 0 Å². The molecule has 30 heavy (non-hydrogen) atoms. The van der Waals surface area contributed by atoms with Crippen molar-refractivity contribution in [3.05, 3.63) is 53.6 Å². The summed E-state index contributed by atoms with van der Waals surface area (Å²) in [6.07, 6.45) is 0.183. The van der Waals surface area contributed by atoms with Gasteiger partial charge in [0.2, 0.25) is 11.8 Å². The van der Waals surface area contributed by atoms with E-state index in [1.165, 1.54) is 4.90 Å². The molecule has 0 saturated carbocycles. The van der Waals surface area contributed by atoms with Gasteiger partial charge in [-0.3, -0.25) is 9.59 Å². The van der Waals surface area contributed by atoms with E-state index in [9.17, 15) is 9.59 Å². The third-order valence-corrected chi connectivity index (χ3v) is 5.11. The van der Waals surface area contributed by atoms with E-state index in [4.69, 9.17) is 9.47 Å². The quantitative estimate of drug-likeness (QED) is 0.758. The van der Waals surface area contributed by atoms with Crippen LogP contribution >= 0.6 is 0 Å². The lowest BCUT2D eigenvalue weighted by Gasteiger charge is -2.28. The van der Waals surface area contributed by atoms with Crippen molar-refractivity contribution in [3.8, 4) is 5.75 Å². The fourth-order valence-corrected chi connectivity index (χ4v) is 3.42. The average molecular weight is 412 g/mol. The second-order valence-electron chi connectivity index (χ2n) is 7.44. The zero-order chi connectivity index (χ0) is 21.5. The molecule has 0 spiro atoms. The Labute approximate surface area is 177 Å². The maximum Gasteiger partial charge on any atom is 0.243 e. The van der Waals surface area contributed by atoms with E-state index in [-0.39, 0.29) is 24.8 Å². The van der Waals surface area contributed by atoms with Crippen LogP contribution in [0, 0.1) is 6.92 Å². The summed E-state index contributed by atoms with van der Waals surface area (Å²) >= 11 is 0. The van der Waals surface area contributed by atoms with Crippen LogP contribution in [0.25, 0.3) is 0 Å². The Balaban J connectivity index is 1.52. The van der Waals surface area contributed by atoms with Crippen LogP contribution in [0.1, 0.15) is 11.1 Å². The van der Waals surface area contributed by atoms with Crippen molar-refractivity contribution in [1.29, 1.82) is 0 Å². The largest absolute Gasteiger partial charge is 0.496 e. The van der Waals surface area contributed by atoms with E-state index < -0.39 is 0 Å². The normalized spacial score (nSPS) is 13.6. The minimum atomic E-state index is -0.235. The number of carbonyl (C=O) groups is 2. The van der Waals surface area contributed by atoms with E-state index in [1.807, 2.05) is 49.4 Å². The van der Waals surface area contributed by atoms with Crippen LogP contribution in [0.4, 0.5) is 11.4 Å². The maximum atomic E-state index is 12.6. The number of nitrogens with zero attached hydrogens (tertiary/aromatic N) is 2. The molecule has 1 fully saturated rings. The highest BCUT2D eigenvalue weighted by Crippen LogP contribution is 2.21. The molecular formula is C23H29N3O4. The summed E-state index contributed by atoms with van der Waals surface area (Å²) in [5.41, 5.74) is 3.68. The Morgan fingerprint density at radius 2 is 1.83 bits per heavy atom. The number of hydrogen-bond donors (Lipinski definition) is 1. The summed E-state index contributed by atoms with van der Waals surface area (Å²) in [6, 6.07) is 13.4. The molecule has 1 saturated heterocycles. The van der Waals surface area contributed by atoms with Gasteiger partial charge < -0.3 is 24.6 Å². The Hall–Kier alpha value is -3.06. The minimum Gasteiger partial charge on any atom is -0.496 e. The number of anilines is 2. The van der Waals surface area contributed by atoms with Gasteiger partial charge in [0, 0.05) is 37.1 Å². The molecule has 2 amide bonds. The van der Waals surface area contributed by atoms with Crippen molar-refractivity contribution < 1.29 is 19.1 Å². The molecule has 0 aromatic heterocycles. The molecule has 2 aromatic rings. The van der Waals surface area contributed by atoms with E-state index in [2.05, 4.69) is 10.2 Å². The smallest absolute Gasteiger partial charge is 0.243 e. The molecule has 0 aliphatic carbocycles. The highest BCUT2D eigenvalue weighted by atomic mass is 16.5. The summed E-state index contributed by atoms with van der Waals surface area (Å²) in [5, 5.41) is 2.85. The van der Waals surface area contributed by atoms with Crippen molar-refractivity contribution in [3.63, 3.8) is 0 Å². The summed E-state index contributed by atoms with van der Waals surface area (Å²) in [6.45, 7) is 5.14. The summed E-state index contributed by atoms with van der Waals surface area (Å²) < 4.78 is 10.7. The standard InChI is InChI=1S/C23H29N3O4/c1-17-4-9-21(29-3)18(14-17)15-23(28)25(2)16-22(27)24-19-5-7-20(8-6-19)26-10-12-30-13-11-26/h4-9,14H,10-13,15-16H2,1-3H3,(H,24,27). The molecule has 7 nitrogen and oxygen atoms in total. The topological polar surface area (TPSA) is 71.1 Å². The monoisotopic (exact) mass is 411 g/mol. The van der Waals surface area contributed by atoms with Crippen LogP contribution in [-0.2, 0) is 20.7 Å². The first-order valence-corrected chi connectivity index (χ1v) is 10.1. The zero-order valence-corrected chi connectivity index (χ0v) is 17.8. The van der Waals surface area contributed by atoms with E-state index in [0.717, 1.165) is 43.1 Å². The van der Waals surface area contributed by atoms with Gasteiger partial charge in [-0.25, -0.2) is 0 Å². The molecule has 0 radical (unpaired) electrons. The highest BCUT2D eigenvalue weighted by molar-refractivity contribution is 5.94. The number of amides is 2. The number of methoxy groups -OCH3 is 1. The lowest BCUT2D eigenvalue weighted by atomic mass is 10.1. The maximum absolute atomic E-state index is 12.6. The molecule has 1 aliphatic heterocycles. The summed E-state index contributed by atoms with van der Waals surface area (Å²) in [4.78, 5) is 28.6. The molecule has 3 rings (SSSR count). The van der Waals surface area contributed by atoms with E-state index in [0.29, 0.717) is 11.4 Å². The van der Waals surface area contributed by atoms with Crippen molar-refractivity contribution in [2.45, 2.75) is 13.3 Å². The van der Waals surface area contributed by atoms with Gasteiger partial charge in [0.15, 0.2) is 0 Å². The number of morpholine rings is 1. The molecule has 0 atom stereocenters. The Bertz CT molecular complexity index is 877. The second-order valence-corrected chi connectivity index (χ2v) is 7.44. The van der Waals surface area contributed by atoms with Crippen molar-refractivity contribution in [2.75, 3.05) is 57.2 Å². The van der Waals surface area contributed by atoms with Gasteiger partial charge in [0.25, 0.3) is 0 Å². The fraction of sp³-hybridized carbons (Fsp3) is 0.391. The second kappa shape index (κ2) is 10.1. The van der Waals surface area contributed by atoms with Crippen LogP contribution in [0.5, 0.6) is 5.75 Å². The lowest BCUT2D eigenvalue weighted by Crippen LogP contribution is -2.36. The van der Waals surface area contributed by atoms with Gasteiger partial charge in [0.05, 0.1) is 33.3 Å². The Kier molecular flexibility index (Phi) is 7.30. The summed E-state index contributed by atoms with van der Waals surface area (Å²) in [5.74, 6) is 0.296. The minimum absolute atomic E-state index is 0.0157. The molecule has 1 aliphatic rings. The third-order valence-electron chi connectivity index (χ3n) is 5.11. The van der Waals surface area contributed by atoms with Gasteiger partial charge in [-0.1, -0.05) is 17.7 Å². The number of benzene rings is 2. The van der Waals surface area contributed by atoms with Crippen LogP contribution in [0.3, 0.4) is 0 Å². The zero-order valence-electron chi connectivity index (χ0n) is 17.8. The summed E-state index contributed by atoms with van der Waals surface area (Å²) in [7, 11) is 3.21. The van der Waals surface area contributed by atoms with Crippen LogP contribution < -0.4 is 15.0 Å². The molecule has 2 aromatic carbocycles. The number of nitrogens with one attached hydrogen (secondary N) is 1. The molecule has 7 heteroatoms. The molecule has 0 bridgehead atoms. The average Bonchev–Trinajstić information content (AvgIpc) is 2.75. The molecule has 1 heterocycles. The Morgan fingerprint density at radius 3 is 2.50 bits per heavy atom. The third kappa shape index (κ3) is 5.73. The molecular weight excluding hydrogens is 382 g/mol.